The highest BCUT2D eigenvalue weighted by molar-refractivity contribution is 7.80. The minimum absolute atomic E-state index is 0.0605. The summed E-state index contributed by atoms with van der Waals surface area (Å²) < 4.78 is 0. The number of amides is 1. The van der Waals surface area contributed by atoms with Crippen LogP contribution in [0.25, 0.3) is 0 Å². The predicted molar refractivity (Wildman–Crippen MR) is 77.7 cm³/mol. The van der Waals surface area contributed by atoms with Crippen LogP contribution in [-0.4, -0.2) is 35.9 Å². The highest BCUT2D eigenvalue weighted by atomic mass is 32.1. The molecule has 0 aliphatic carbocycles. The third kappa shape index (κ3) is 3.64. The molecule has 0 bridgehead atoms. The summed E-state index contributed by atoms with van der Waals surface area (Å²) in [4.78, 5) is 14.7. The SMILES string of the molecule is N=C(N)N1CCC(NC(=O)c2ccc(S)cc2)CC1. The van der Waals surface area contributed by atoms with Gasteiger partial charge in [0.2, 0.25) is 0 Å². The largest absolute Gasteiger partial charge is 0.370 e. The second-order valence-electron chi connectivity index (χ2n) is 4.67. The first-order chi connectivity index (χ1) is 9.06. The lowest BCUT2D eigenvalue weighted by Crippen LogP contribution is -2.48. The summed E-state index contributed by atoms with van der Waals surface area (Å²) in [6.45, 7) is 1.44. The third-order valence-corrected chi connectivity index (χ3v) is 3.60. The van der Waals surface area contributed by atoms with Crippen LogP contribution in [-0.2, 0) is 0 Å². The van der Waals surface area contributed by atoms with E-state index in [0.717, 1.165) is 30.8 Å². The number of piperidine rings is 1. The third-order valence-electron chi connectivity index (χ3n) is 3.30. The molecule has 6 heteroatoms. The van der Waals surface area contributed by atoms with Crippen LogP contribution in [0.2, 0.25) is 0 Å². The van der Waals surface area contributed by atoms with Crippen molar-refractivity contribution in [3.63, 3.8) is 0 Å². The summed E-state index contributed by atoms with van der Waals surface area (Å²) >= 11 is 4.19. The average Bonchev–Trinajstić information content (AvgIpc) is 2.40. The molecule has 102 valence electrons. The first-order valence-electron chi connectivity index (χ1n) is 6.25. The molecule has 0 radical (unpaired) electrons. The number of guanidine groups is 1. The molecule has 0 aromatic heterocycles. The number of rotatable bonds is 2. The lowest BCUT2D eigenvalue weighted by Gasteiger charge is -2.32. The molecule has 0 spiro atoms. The minimum Gasteiger partial charge on any atom is -0.370 e. The normalized spacial score (nSPS) is 16.2. The molecule has 1 saturated heterocycles. The van der Waals surface area contributed by atoms with E-state index >= 15 is 0 Å². The zero-order valence-electron chi connectivity index (χ0n) is 10.6. The van der Waals surface area contributed by atoms with Gasteiger partial charge in [-0.15, -0.1) is 12.6 Å². The first-order valence-corrected chi connectivity index (χ1v) is 6.70. The summed E-state index contributed by atoms with van der Waals surface area (Å²) in [6.07, 6.45) is 1.63. The highest BCUT2D eigenvalue weighted by Gasteiger charge is 2.21. The number of carbonyl (C=O) groups is 1. The van der Waals surface area contributed by atoms with Crippen molar-refractivity contribution in [2.24, 2.45) is 5.73 Å². The van der Waals surface area contributed by atoms with Crippen LogP contribution in [0.3, 0.4) is 0 Å². The van der Waals surface area contributed by atoms with Crippen LogP contribution in [0.1, 0.15) is 23.2 Å². The van der Waals surface area contributed by atoms with Gasteiger partial charge in [-0.1, -0.05) is 0 Å². The monoisotopic (exact) mass is 278 g/mol. The molecule has 0 atom stereocenters. The van der Waals surface area contributed by atoms with Crippen molar-refractivity contribution in [3.8, 4) is 0 Å². The Morgan fingerprint density at radius 2 is 1.89 bits per heavy atom. The van der Waals surface area contributed by atoms with E-state index in [9.17, 15) is 4.79 Å². The number of carbonyl (C=O) groups excluding carboxylic acids is 1. The highest BCUT2D eigenvalue weighted by Crippen LogP contribution is 2.12. The number of thiol groups is 1. The van der Waals surface area contributed by atoms with Crippen LogP contribution in [0.5, 0.6) is 0 Å². The predicted octanol–water partition coefficient (Wildman–Crippen LogP) is 1.06. The fraction of sp³-hybridized carbons (Fsp3) is 0.385. The van der Waals surface area contributed by atoms with Crippen molar-refractivity contribution in [2.75, 3.05) is 13.1 Å². The molecule has 1 aliphatic rings. The molecule has 1 aliphatic heterocycles. The topological polar surface area (TPSA) is 82.2 Å². The second kappa shape index (κ2) is 5.97. The number of nitrogens with two attached hydrogens (primary N) is 1. The molecule has 5 nitrogen and oxygen atoms in total. The van der Waals surface area contributed by atoms with E-state index in [1.807, 2.05) is 4.90 Å². The van der Waals surface area contributed by atoms with Gasteiger partial charge in [0.1, 0.15) is 0 Å². The van der Waals surface area contributed by atoms with Crippen molar-refractivity contribution in [3.05, 3.63) is 29.8 Å². The van der Waals surface area contributed by atoms with Crippen LogP contribution < -0.4 is 11.1 Å². The summed E-state index contributed by atoms with van der Waals surface area (Å²) in [5, 5.41) is 10.4. The van der Waals surface area contributed by atoms with Gasteiger partial charge in [0.05, 0.1) is 0 Å². The molecular weight excluding hydrogens is 260 g/mol. The van der Waals surface area contributed by atoms with E-state index in [4.69, 9.17) is 11.1 Å². The minimum atomic E-state index is -0.0605. The fourth-order valence-electron chi connectivity index (χ4n) is 2.15. The van der Waals surface area contributed by atoms with Gasteiger partial charge in [-0.05, 0) is 37.1 Å². The first kappa shape index (κ1) is 13.7. The molecule has 19 heavy (non-hydrogen) atoms. The van der Waals surface area contributed by atoms with Crippen LogP contribution in [0.4, 0.5) is 0 Å². The van der Waals surface area contributed by atoms with Crippen molar-refractivity contribution >= 4 is 24.5 Å². The Morgan fingerprint density at radius 1 is 1.32 bits per heavy atom. The zero-order chi connectivity index (χ0) is 13.8. The molecular formula is C13H18N4OS. The van der Waals surface area contributed by atoms with Crippen molar-refractivity contribution < 1.29 is 4.79 Å². The van der Waals surface area contributed by atoms with Crippen molar-refractivity contribution in [1.82, 2.24) is 10.2 Å². The van der Waals surface area contributed by atoms with Crippen molar-refractivity contribution in [2.45, 2.75) is 23.8 Å². The second-order valence-corrected chi connectivity index (χ2v) is 5.18. The quantitative estimate of drug-likeness (QED) is 0.371. The molecule has 4 N–H and O–H groups in total. The molecule has 1 aromatic rings. The van der Waals surface area contributed by atoms with E-state index in [1.54, 1.807) is 24.3 Å². The van der Waals surface area contributed by atoms with E-state index in [2.05, 4.69) is 17.9 Å². The molecule has 0 saturated carbocycles. The Kier molecular flexibility index (Phi) is 4.31. The Labute approximate surface area is 118 Å². The summed E-state index contributed by atoms with van der Waals surface area (Å²) in [5.41, 5.74) is 6.08. The maximum atomic E-state index is 12.0. The lowest BCUT2D eigenvalue weighted by molar-refractivity contribution is 0.0922. The summed E-state index contributed by atoms with van der Waals surface area (Å²) in [5.74, 6) is 0.0451. The molecule has 1 fully saturated rings. The van der Waals surface area contributed by atoms with Crippen LogP contribution in [0, 0.1) is 5.41 Å². The van der Waals surface area contributed by atoms with Gasteiger partial charge >= 0.3 is 0 Å². The maximum Gasteiger partial charge on any atom is 0.251 e. The van der Waals surface area contributed by atoms with E-state index < -0.39 is 0 Å². The lowest BCUT2D eigenvalue weighted by atomic mass is 10.0. The number of likely N-dealkylation sites (tertiary alicyclic amines) is 1. The number of benzene rings is 1. The number of nitrogens with one attached hydrogen (secondary N) is 2. The van der Waals surface area contributed by atoms with Gasteiger partial charge in [0, 0.05) is 29.6 Å². The Hall–Kier alpha value is -1.69. The molecule has 1 amide bonds. The Morgan fingerprint density at radius 3 is 2.42 bits per heavy atom. The van der Waals surface area contributed by atoms with Gasteiger partial charge in [-0.25, -0.2) is 0 Å². The molecule has 2 rings (SSSR count). The Balaban J connectivity index is 1.87. The Bertz CT molecular complexity index is 466. The number of hydrogen-bond donors (Lipinski definition) is 4. The molecule has 1 aromatic carbocycles. The zero-order valence-corrected chi connectivity index (χ0v) is 11.5. The van der Waals surface area contributed by atoms with E-state index in [0.29, 0.717) is 5.56 Å². The number of hydrogen-bond acceptors (Lipinski definition) is 3. The van der Waals surface area contributed by atoms with Crippen molar-refractivity contribution in [1.29, 1.82) is 5.41 Å². The molecule has 1 heterocycles. The van der Waals surface area contributed by atoms with Gasteiger partial charge < -0.3 is 16.0 Å². The smallest absolute Gasteiger partial charge is 0.251 e. The van der Waals surface area contributed by atoms with Gasteiger partial charge in [-0.2, -0.15) is 0 Å². The van der Waals surface area contributed by atoms with Crippen LogP contribution >= 0.6 is 12.6 Å². The standard InChI is InChI=1S/C13H18N4OS/c14-13(15)17-7-5-10(6-8-17)16-12(18)9-1-3-11(19)4-2-9/h1-4,10,19H,5-8H2,(H3,14,15)(H,16,18). The summed E-state index contributed by atoms with van der Waals surface area (Å²) in [7, 11) is 0. The average molecular weight is 278 g/mol. The van der Waals surface area contributed by atoms with Crippen LogP contribution in [0.15, 0.2) is 29.2 Å². The summed E-state index contributed by atoms with van der Waals surface area (Å²) in [6, 6.07) is 7.29. The van der Waals surface area contributed by atoms with Gasteiger partial charge in [0.25, 0.3) is 5.91 Å². The van der Waals surface area contributed by atoms with E-state index in [1.165, 1.54) is 0 Å². The van der Waals surface area contributed by atoms with Gasteiger partial charge in [0.15, 0.2) is 5.96 Å². The number of nitrogens with zero attached hydrogens (tertiary/aromatic N) is 1. The van der Waals surface area contributed by atoms with E-state index in [-0.39, 0.29) is 17.9 Å². The van der Waals surface area contributed by atoms with Gasteiger partial charge in [-0.3, -0.25) is 10.2 Å². The molecule has 0 unspecified atom stereocenters. The fourth-order valence-corrected chi connectivity index (χ4v) is 2.30. The maximum absolute atomic E-state index is 12.0.